The van der Waals surface area contributed by atoms with E-state index >= 15 is 0 Å². The Balaban J connectivity index is 1.28. The molecular formula is C23H31O5. The van der Waals surface area contributed by atoms with Crippen molar-refractivity contribution in [3.05, 3.63) is 11.6 Å². The monoisotopic (exact) mass is 387 g/mol. The maximum absolute atomic E-state index is 14.2. The Bertz CT molecular complexity index is 750. The summed E-state index contributed by atoms with van der Waals surface area (Å²) < 4.78 is 24.4. The molecule has 0 amide bonds. The lowest BCUT2D eigenvalue weighted by Crippen LogP contribution is -2.73. The number of rotatable bonds is 0. The van der Waals surface area contributed by atoms with Crippen LogP contribution in [0.1, 0.15) is 58.3 Å². The zero-order chi connectivity index (χ0) is 18.8. The van der Waals surface area contributed by atoms with Crippen molar-refractivity contribution < 1.29 is 24.1 Å². The van der Waals surface area contributed by atoms with Crippen molar-refractivity contribution in [3.8, 4) is 0 Å². The molecule has 5 nitrogen and oxygen atoms in total. The minimum Gasteiger partial charge on any atom is -0.347 e. The molecule has 0 unspecified atom stereocenters. The largest absolute Gasteiger partial charge is 0.347 e. The molecule has 7 aliphatic rings. The number of hydrogen-bond acceptors (Lipinski definition) is 4. The van der Waals surface area contributed by atoms with Gasteiger partial charge in [-0.25, -0.2) is 5.11 Å². The summed E-state index contributed by atoms with van der Waals surface area (Å²) in [6.45, 7) is 5.06. The van der Waals surface area contributed by atoms with E-state index in [9.17, 15) is 5.11 Å². The fourth-order valence-electron chi connectivity index (χ4n) is 9.37. The van der Waals surface area contributed by atoms with Gasteiger partial charge in [0.05, 0.1) is 26.4 Å². The standard InChI is InChI=1S/C23H31O5/c1-19-13-21(24)14-20-6-7-22(25-8-9-26-22)12-15(20)2-3-16(18(20)21)17(19)4-5-23(19)27-10-11-28-23/h12,16-18H,2-11,13-14H2,1H3/t16-,17-,18-,19-,20+,21-/m0/s1. The Morgan fingerprint density at radius 2 is 1.68 bits per heavy atom. The van der Waals surface area contributed by atoms with Crippen molar-refractivity contribution in [2.75, 3.05) is 26.4 Å². The number of fused-ring (bicyclic) bond motifs is 3. The minimum atomic E-state index is -0.816. The maximum atomic E-state index is 14.2. The van der Waals surface area contributed by atoms with E-state index < -0.39 is 17.2 Å². The van der Waals surface area contributed by atoms with Gasteiger partial charge in [-0.3, -0.25) is 0 Å². The molecule has 0 bridgehead atoms. The summed E-state index contributed by atoms with van der Waals surface area (Å²) in [5.41, 5.74) is 0.671. The van der Waals surface area contributed by atoms with Crippen LogP contribution in [0.4, 0.5) is 0 Å². The van der Waals surface area contributed by atoms with E-state index in [0.717, 1.165) is 51.4 Å². The summed E-state index contributed by atoms with van der Waals surface area (Å²) >= 11 is 0. The van der Waals surface area contributed by atoms with E-state index in [4.69, 9.17) is 18.9 Å². The first kappa shape index (κ1) is 17.2. The van der Waals surface area contributed by atoms with Crippen LogP contribution in [-0.2, 0) is 24.1 Å². The van der Waals surface area contributed by atoms with Gasteiger partial charge in [-0.1, -0.05) is 12.5 Å². The highest BCUT2D eigenvalue weighted by atomic mass is 16.7. The van der Waals surface area contributed by atoms with Crippen LogP contribution in [0, 0.1) is 28.6 Å². The van der Waals surface area contributed by atoms with Crippen LogP contribution < -0.4 is 0 Å². The van der Waals surface area contributed by atoms with Crippen LogP contribution in [0.2, 0.25) is 0 Å². The lowest BCUT2D eigenvalue weighted by Gasteiger charge is -2.72. The molecule has 2 saturated heterocycles. The molecule has 6 atom stereocenters. The van der Waals surface area contributed by atoms with Crippen LogP contribution in [-0.4, -0.2) is 43.6 Å². The second kappa shape index (κ2) is 5.05. The highest BCUT2D eigenvalue weighted by molar-refractivity contribution is 5.37. The van der Waals surface area contributed by atoms with Gasteiger partial charge in [0.25, 0.3) is 0 Å². The third kappa shape index (κ3) is 1.76. The fourth-order valence-corrected chi connectivity index (χ4v) is 9.37. The Morgan fingerprint density at radius 1 is 0.929 bits per heavy atom. The first-order valence-electron chi connectivity index (χ1n) is 11.4. The van der Waals surface area contributed by atoms with E-state index in [0.29, 0.717) is 38.3 Å². The van der Waals surface area contributed by atoms with Crippen LogP contribution in [0.5, 0.6) is 0 Å². The van der Waals surface area contributed by atoms with Crippen LogP contribution in [0.15, 0.2) is 11.6 Å². The number of ether oxygens (including phenoxy) is 4. The third-order valence-electron chi connectivity index (χ3n) is 10.1. The van der Waals surface area contributed by atoms with Gasteiger partial charge < -0.3 is 18.9 Å². The fraction of sp³-hybridized carbons (Fsp3) is 0.913. The quantitative estimate of drug-likeness (QED) is 0.596. The van der Waals surface area contributed by atoms with E-state index in [1.807, 2.05) is 0 Å². The molecule has 153 valence electrons. The summed E-state index contributed by atoms with van der Waals surface area (Å²) in [5.74, 6) is 0.398. The zero-order valence-corrected chi connectivity index (χ0v) is 16.8. The first-order valence-corrected chi connectivity index (χ1v) is 11.4. The van der Waals surface area contributed by atoms with Crippen LogP contribution in [0.25, 0.3) is 0 Å². The lowest BCUT2D eigenvalue weighted by molar-refractivity contribution is -0.335. The molecule has 5 heteroatoms. The van der Waals surface area contributed by atoms with Gasteiger partial charge in [-0.2, -0.15) is 0 Å². The molecule has 28 heavy (non-hydrogen) atoms. The van der Waals surface area contributed by atoms with Gasteiger partial charge in [0.1, 0.15) is 5.60 Å². The minimum absolute atomic E-state index is 0.122. The lowest BCUT2D eigenvalue weighted by atomic mass is 9.33. The van der Waals surface area contributed by atoms with Crippen molar-refractivity contribution in [3.63, 3.8) is 0 Å². The van der Waals surface area contributed by atoms with Gasteiger partial charge in [0.15, 0.2) is 11.6 Å². The maximum Gasteiger partial charge on any atom is 0.188 e. The predicted molar refractivity (Wildman–Crippen MR) is 98.7 cm³/mol. The third-order valence-corrected chi connectivity index (χ3v) is 10.1. The smallest absolute Gasteiger partial charge is 0.188 e. The summed E-state index contributed by atoms with van der Waals surface area (Å²) in [6, 6.07) is 0. The Kier molecular flexibility index (Phi) is 3.11. The summed E-state index contributed by atoms with van der Waals surface area (Å²) in [4.78, 5) is 0. The number of hydrogen-bond donors (Lipinski definition) is 0. The molecule has 0 N–H and O–H groups in total. The highest BCUT2D eigenvalue weighted by Gasteiger charge is 2.79. The van der Waals surface area contributed by atoms with E-state index in [1.165, 1.54) is 5.57 Å². The van der Waals surface area contributed by atoms with Crippen molar-refractivity contribution in [2.45, 2.75) is 75.5 Å². The molecule has 0 aromatic rings. The SMILES string of the molecule is C[C@]12C[C@]3([O])C[C@]45CCC6(C=C4CC[C@H]([C@H]35)[C@@H]1CCC21OCCO1)OCCO6. The molecule has 2 aliphatic heterocycles. The Hall–Kier alpha value is -0.460. The van der Waals surface area contributed by atoms with E-state index in [1.54, 1.807) is 0 Å². The normalized spacial score (nSPS) is 54.8. The summed E-state index contributed by atoms with van der Waals surface area (Å²) in [6.07, 6.45) is 10.1. The van der Waals surface area contributed by atoms with Crippen molar-refractivity contribution in [2.24, 2.45) is 28.6 Å². The second-order valence-corrected chi connectivity index (χ2v) is 10.9. The molecule has 2 heterocycles. The van der Waals surface area contributed by atoms with Crippen LogP contribution >= 0.6 is 0 Å². The number of allylic oxidation sites excluding steroid dienone is 1. The van der Waals surface area contributed by atoms with Gasteiger partial charge >= 0.3 is 0 Å². The molecule has 0 aromatic heterocycles. The van der Waals surface area contributed by atoms with Gasteiger partial charge in [-0.05, 0) is 56.4 Å². The summed E-state index contributed by atoms with van der Waals surface area (Å²) in [5, 5.41) is 14.2. The molecule has 7 rings (SSSR count). The van der Waals surface area contributed by atoms with Gasteiger partial charge in [0, 0.05) is 29.6 Å². The Labute approximate surface area is 166 Å². The van der Waals surface area contributed by atoms with E-state index in [2.05, 4.69) is 13.0 Å². The first-order chi connectivity index (χ1) is 13.4. The second-order valence-electron chi connectivity index (χ2n) is 10.9. The molecule has 5 aliphatic carbocycles. The molecule has 4 saturated carbocycles. The van der Waals surface area contributed by atoms with Crippen molar-refractivity contribution in [1.29, 1.82) is 0 Å². The molecular weight excluding hydrogens is 356 g/mol. The molecule has 0 aromatic carbocycles. The predicted octanol–water partition coefficient (Wildman–Crippen LogP) is 3.60. The molecule has 3 spiro atoms. The van der Waals surface area contributed by atoms with Gasteiger partial charge in [0.2, 0.25) is 0 Å². The zero-order valence-electron chi connectivity index (χ0n) is 16.8. The molecule has 1 radical (unpaired) electrons. The Morgan fingerprint density at radius 3 is 2.46 bits per heavy atom. The van der Waals surface area contributed by atoms with Crippen molar-refractivity contribution >= 4 is 0 Å². The van der Waals surface area contributed by atoms with Gasteiger partial charge in [-0.15, -0.1) is 0 Å². The van der Waals surface area contributed by atoms with Crippen molar-refractivity contribution in [1.82, 2.24) is 0 Å². The van der Waals surface area contributed by atoms with E-state index in [-0.39, 0.29) is 16.7 Å². The highest BCUT2D eigenvalue weighted by Crippen LogP contribution is 2.78. The molecule has 6 fully saturated rings. The summed E-state index contributed by atoms with van der Waals surface area (Å²) in [7, 11) is 0. The average molecular weight is 387 g/mol. The topological polar surface area (TPSA) is 56.8 Å². The average Bonchev–Trinajstić information content (AvgIpc) is 3.37. The van der Waals surface area contributed by atoms with Crippen LogP contribution in [0.3, 0.4) is 0 Å².